The third-order valence-corrected chi connectivity index (χ3v) is 3.87. The van der Waals surface area contributed by atoms with Crippen molar-refractivity contribution in [1.29, 1.82) is 0 Å². The SMILES string of the molecule is O=C(CNC(=O)C(=O)Cc1c(Cl)cccc1[N+](=O)[O-])OCc1ccccc1. The molecule has 2 aromatic rings. The maximum atomic E-state index is 12.0. The predicted octanol–water partition coefficient (Wildman–Crippen LogP) is 2.22. The van der Waals surface area contributed by atoms with Crippen LogP contribution in [0.3, 0.4) is 0 Å². The Morgan fingerprint density at radius 2 is 1.78 bits per heavy atom. The number of rotatable bonds is 8. The second-order valence-corrected chi connectivity index (χ2v) is 5.83. The lowest BCUT2D eigenvalue weighted by atomic mass is 10.1. The number of nitrogens with zero attached hydrogens (tertiary/aromatic N) is 1. The molecule has 0 aliphatic rings. The van der Waals surface area contributed by atoms with Crippen LogP contribution in [-0.4, -0.2) is 29.1 Å². The lowest BCUT2D eigenvalue weighted by Crippen LogP contribution is -2.36. The summed E-state index contributed by atoms with van der Waals surface area (Å²) in [5, 5.41) is 13.1. The van der Waals surface area contributed by atoms with Gasteiger partial charge in [0.25, 0.3) is 11.6 Å². The molecule has 0 fully saturated rings. The van der Waals surface area contributed by atoms with Gasteiger partial charge in [0.05, 0.1) is 15.5 Å². The molecule has 9 heteroatoms. The predicted molar refractivity (Wildman–Crippen MR) is 96.1 cm³/mol. The summed E-state index contributed by atoms with van der Waals surface area (Å²) in [6.45, 7) is -0.461. The highest BCUT2D eigenvalue weighted by Crippen LogP contribution is 2.26. The Balaban J connectivity index is 1.86. The minimum Gasteiger partial charge on any atom is -0.460 e. The van der Waals surface area contributed by atoms with Gasteiger partial charge in [-0.3, -0.25) is 24.5 Å². The Labute approximate surface area is 159 Å². The molecule has 0 saturated carbocycles. The van der Waals surface area contributed by atoms with Crippen molar-refractivity contribution >= 4 is 34.9 Å². The first-order valence-corrected chi connectivity index (χ1v) is 8.18. The van der Waals surface area contributed by atoms with Crippen molar-refractivity contribution in [3.05, 3.63) is 74.8 Å². The van der Waals surface area contributed by atoms with Crippen LogP contribution >= 0.6 is 11.6 Å². The van der Waals surface area contributed by atoms with Crippen LogP contribution in [0.1, 0.15) is 11.1 Å². The summed E-state index contributed by atoms with van der Waals surface area (Å²) in [6.07, 6.45) is -0.555. The number of ketones is 1. The highest BCUT2D eigenvalue weighted by Gasteiger charge is 2.23. The summed E-state index contributed by atoms with van der Waals surface area (Å²) in [6, 6.07) is 12.9. The van der Waals surface area contributed by atoms with E-state index in [0.29, 0.717) is 0 Å². The van der Waals surface area contributed by atoms with Crippen LogP contribution in [0.15, 0.2) is 48.5 Å². The molecule has 0 heterocycles. The summed E-state index contributed by atoms with van der Waals surface area (Å²) in [4.78, 5) is 45.8. The van der Waals surface area contributed by atoms with Gasteiger partial charge in [0, 0.05) is 12.5 Å². The number of hydrogen-bond donors (Lipinski definition) is 1. The monoisotopic (exact) mass is 390 g/mol. The van der Waals surface area contributed by atoms with Gasteiger partial charge >= 0.3 is 5.97 Å². The highest BCUT2D eigenvalue weighted by atomic mass is 35.5. The summed E-state index contributed by atoms with van der Waals surface area (Å²) in [7, 11) is 0. The number of carbonyl (C=O) groups is 3. The quantitative estimate of drug-likeness (QED) is 0.320. The average Bonchev–Trinajstić information content (AvgIpc) is 2.66. The number of carbonyl (C=O) groups excluding carboxylic acids is 3. The Kier molecular flexibility index (Phi) is 7.01. The van der Waals surface area contributed by atoms with Crippen molar-refractivity contribution in [3.63, 3.8) is 0 Å². The number of nitro groups is 1. The lowest BCUT2D eigenvalue weighted by Gasteiger charge is -2.07. The van der Waals surface area contributed by atoms with Crippen LogP contribution in [0.5, 0.6) is 0 Å². The van der Waals surface area contributed by atoms with E-state index in [2.05, 4.69) is 5.32 Å². The molecule has 0 aliphatic heterocycles. The Hall–Kier alpha value is -3.26. The van der Waals surface area contributed by atoms with E-state index in [9.17, 15) is 24.5 Å². The number of halogens is 1. The molecule has 0 spiro atoms. The van der Waals surface area contributed by atoms with Crippen molar-refractivity contribution < 1.29 is 24.0 Å². The standard InChI is InChI=1S/C18H15ClN2O6/c19-14-7-4-8-15(21(25)26)13(14)9-16(22)18(24)20-10-17(23)27-11-12-5-2-1-3-6-12/h1-8H,9-11H2,(H,20,24). The van der Waals surface area contributed by atoms with Gasteiger partial charge in [-0.2, -0.15) is 0 Å². The zero-order valence-electron chi connectivity index (χ0n) is 14.0. The average molecular weight is 391 g/mol. The van der Waals surface area contributed by atoms with Crippen molar-refractivity contribution in [2.45, 2.75) is 13.0 Å². The Morgan fingerprint density at radius 1 is 1.07 bits per heavy atom. The van der Waals surface area contributed by atoms with E-state index in [1.165, 1.54) is 18.2 Å². The number of hydrogen-bond acceptors (Lipinski definition) is 6. The van der Waals surface area contributed by atoms with Crippen LogP contribution in [-0.2, 0) is 32.1 Å². The molecule has 2 aromatic carbocycles. The van der Waals surface area contributed by atoms with E-state index < -0.39 is 35.5 Å². The molecule has 27 heavy (non-hydrogen) atoms. The van der Waals surface area contributed by atoms with Crippen molar-refractivity contribution in [1.82, 2.24) is 5.32 Å². The highest BCUT2D eigenvalue weighted by molar-refractivity contribution is 6.38. The lowest BCUT2D eigenvalue weighted by molar-refractivity contribution is -0.385. The number of esters is 1. The summed E-state index contributed by atoms with van der Waals surface area (Å²) < 4.78 is 4.97. The maximum Gasteiger partial charge on any atom is 0.325 e. The first-order chi connectivity index (χ1) is 12.9. The van der Waals surface area contributed by atoms with Crippen LogP contribution < -0.4 is 5.32 Å². The van der Waals surface area contributed by atoms with Gasteiger partial charge in [-0.25, -0.2) is 0 Å². The molecule has 0 aromatic heterocycles. The molecule has 1 amide bonds. The number of benzene rings is 2. The molecule has 0 saturated heterocycles. The fraction of sp³-hybridized carbons (Fsp3) is 0.167. The molecular formula is C18H15ClN2O6. The number of nitrogens with one attached hydrogen (secondary N) is 1. The molecule has 2 rings (SSSR count). The van der Waals surface area contributed by atoms with Gasteiger partial charge in [-0.05, 0) is 11.6 Å². The molecular weight excluding hydrogens is 376 g/mol. The largest absolute Gasteiger partial charge is 0.460 e. The number of nitro benzene ring substituents is 1. The zero-order chi connectivity index (χ0) is 19.8. The van der Waals surface area contributed by atoms with Crippen molar-refractivity contribution in [2.24, 2.45) is 0 Å². The second-order valence-electron chi connectivity index (χ2n) is 5.42. The van der Waals surface area contributed by atoms with E-state index in [1.807, 2.05) is 6.07 Å². The van der Waals surface area contributed by atoms with Crippen LogP contribution in [0.25, 0.3) is 0 Å². The van der Waals surface area contributed by atoms with Crippen LogP contribution in [0.2, 0.25) is 5.02 Å². The summed E-state index contributed by atoms with van der Waals surface area (Å²) >= 11 is 5.89. The number of amides is 1. The summed E-state index contributed by atoms with van der Waals surface area (Å²) in [5.41, 5.74) is 0.362. The van der Waals surface area contributed by atoms with Crippen molar-refractivity contribution in [2.75, 3.05) is 6.54 Å². The van der Waals surface area contributed by atoms with E-state index in [-0.39, 0.29) is 22.9 Å². The molecule has 8 nitrogen and oxygen atoms in total. The van der Waals surface area contributed by atoms with Gasteiger partial charge in [-0.15, -0.1) is 0 Å². The first kappa shape index (κ1) is 20.1. The topological polar surface area (TPSA) is 116 Å². The van der Waals surface area contributed by atoms with E-state index >= 15 is 0 Å². The zero-order valence-corrected chi connectivity index (χ0v) is 14.8. The molecule has 140 valence electrons. The minimum atomic E-state index is -1.05. The fourth-order valence-corrected chi connectivity index (χ4v) is 2.41. The van der Waals surface area contributed by atoms with Gasteiger partial charge in [0.1, 0.15) is 13.2 Å². The van der Waals surface area contributed by atoms with Gasteiger partial charge < -0.3 is 10.1 Å². The van der Waals surface area contributed by atoms with Gasteiger partial charge in [-0.1, -0.05) is 48.0 Å². The normalized spacial score (nSPS) is 10.1. The van der Waals surface area contributed by atoms with Gasteiger partial charge in [0.2, 0.25) is 5.78 Å². The molecule has 0 aliphatic carbocycles. The molecule has 0 unspecified atom stereocenters. The van der Waals surface area contributed by atoms with E-state index in [1.54, 1.807) is 24.3 Å². The number of Topliss-reactive ketones (excluding diaryl/α,β-unsaturated/α-hetero) is 1. The molecule has 0 bridgehead atoms. The molecule has 0 atom stereocenters. The molecule has 1 N–H and O–H groups in total. The van der Waals surface area contributed by atoms with E-state index in [0.717, 1.165) is 5.56 Å². The van der Waals surface area contributed by atoms with Crippen molar-refractivity contribution in [3.8, 4) is 0 Å². The maximum absolute atomic E-state index is 12.0. The molecule has 0 radical (unpaired) electrons. The first-order valence-electron chi connectivity index (χ1n) is 7.81. The van der Waals surface area contributed by atoms with Crippen LogP contribution in [0.4, 0.5) is 5.69 Å². The minimum absolute atomic E-state index is 0.00706. The smallest absolute Gasteiger partial charge is 0.325 e. The van der Waals surface area contributed by atoms with Gasteiger partial charge in [0.15, 0.2) is 0 Å². The Morgan fingerprint density at radius 3 is 2.44 bits per heavy atom. The Bertz CT molecular complexity index is 869. The summed E-state index contributed by atoms with van der Waals surface area (Å²) in [5.74, 6) is -2.73. The third-order valence-electron chi connectivity index (χ3n) is 3.52. The number of ether oxygens (including phenoxy) is 1. The second kappa shape index (κ2) is 9.44. The van der Waals surface area contributed by atoms with E-state index in [4.69, 9.17) is 16.3 Å². The van der Waals surface area contributed by atoms with Crippen LogP contribution in [0, 0.1) is 10.1 Å². The third kappa shape index (κ3) is 5.89. The fourth-order valence-electron chi connectivity index (χ4n) is 2.17.